The fourth-order valence-electron chi connectivity index (χ4n) is 4.20. The number of rotatable bonds is 5. The van der Waals surface area contributed by atoms with Gasteiger partial charge < -0.3 is 11.1 Å². The van der Waals surface area contributed by atoms with Crippen LogP contribution in [-0.4, -0.2) is 22.4 Å². The van der Waals surface area contributed by atoms with Gasteiger partial charge in [-0.1, -0.05) is 25.1 Å². The number of nitrogens with zero attached hydrogens (tertiary/aromatic N) is 2. The zero-order chi connectivity index (χ0) is 21.8. The van der Waals surface area contributed by atoms with Crippen LogP contribution >= 0.6 is 0 Å². The van der Waals surface area contributed by atoms with Gasteiger partial charge in [-0.05, 0) is 68.4 Å². The van der Waals surface area contributed by atoms with E-state index in [1.807, 2.05) is 24.3 Å². The van der Waals surface area contributed by atoms with Crippen molar-refractivity contribution in [3.05, 3.63) is 87.9 Å². The molecular formula is C25H29FN4O. The third-order valence-electron chi connectivity index (χ3n) is 6.07. The highest BCUT2D eigenvalue weighted by molar-refractivity contribution is 6.12. The second kappa shape index (κ2) is 9.43. The zero-order valence-corrected chi connectivity index (χ0v) is 17.9. The second-order valence-corrected chi connectivity index (χ2v) is 8.24. The first-order valence-electron chi connectivity index (χ1n) is 11.0. The van der Waals surface area contributed by atoms with Gasteiger partial charge in [-0.2, -0.15) is 0 Å². The van der Waals surface area contributed by atoms with Crippen LogP contribution in [0.3, 0.4) is 0 Å². The number of pyridine rings is 1. The van der Waals surface area contributed by atoms with Gasteiger partial charge in [-0.25, -0.2) is 9.38 Å². The van der Waals surface area contributed by atoms with Crippen molar-refractivity contribution in [3.63, 3.8) is 0 Å². The molecule has 31 heavy (non-hydrogen) atoms. The third kappa shape index (κ3) is 4.85. The first-order valence-corrected chi connectivity index (χ1v) is 11.0. The van der Waals surface area contributed by atoms with Crippen LogP contribution in [0.4, 0.5) is 4.39 Å². The lowest BCUT2D eigenvalue weighted by molar-refractivity contribution is 0.358. The van der Waals surface area contributed by atoms with Gasteiger partial charge in [0, 0.05) is 35.6 Å². The van der Waals surface area contributed by atoms with E-state index in [2.05, 4.69) is 12.2 Å². The summed E-state index contributed by atoms with van der Waals surface area (Å²) in [4.78, 5) is 17.0. The molecule has 1 aliphatic heterocycles. The van der Waals surface area contributed by atoms with Crippen LogP contribution in [0.5, 0.6) is 0 Å². The number of halogens is 1. The maximum atomic E-state index is 15.1. The predicted octanol–water partition coefficient (Wildman–Crippen LogP) is 4.36. The smallest absolute Gasteiger partial charge is 0.255 e. The van der Waals surface area contributed by atoms with Crippen molar-refractivity contribution in [2.45, 2.75) is 57.5 Å². The van der Waals surface area contributed by atoms with Gasteiger partial charge >= 0.3 is 0 Å². The van der Waals surface area contributed by atoms with Gasteiger partial charge in [0.15, 0.2) is 0 Å². The molecule has 1 aliphatic carbocycles. The maximum absolute atomic E-state index is 15.1. The van der Waals surface area contributed by atoms with Crippen LogP contribution in [0, 0.1) is 0 Å². The monoisotopic (exact) mass is 420 g/mol. The normalized spacial score (nSPS) is 21.9. The molecule has 0 radical (unpaired) electrons. The standard InChI is InChI=1S/C25H29FN4O/c1-2-17-9-14-22(26)24(29-25(17)28-20-12-10-19(27)11-13-20)18-6-5-7-21(16-18)30-15-4-3-8-23(30)31/h3-8,14-16,19-20,28H,2,9-13,27H2,1H3. The van der Waals surface area contributed by atoms with Crippen LogP contribution < -0.4 is 16.6 Å². The summed E-state index contributed by atoms with van der Waals surface area (Å²) in [6, 6.07) is 12.9. The molecule has 0 unspecified atom stereocenters. The average molecular weight is 421 g/mol. The van der Waals surface area contributed by atoms with Crippen molar-refractivity contribution in [1.82, 2.24) is 9.88 Å². The Bertz CT molecular complexity index is 1090. The van der Waals surface area contributed by atoms with Gasteiger partial charge in [0.1, 0.15) is 17.4 Å². The molecule has 0 bridgehead atoms. The lowest BCUT2D eigenvalue weighted by Gasteiger charge is -2.28. The molecule has 4 rings (SSSR count). The van der Waals surface area contributed by atoms with Crippen molar-refractivity contribution in [2.75, 3.05) is 0 Å². The Balaban J connectivity index is 1.70. The van der Waals surface area contributed by atoms with E-state index in [1.165, 1.54) is 6.07 Å². The molecule has 2 aliphatic rings. The van der Waals surface area contributed by atoms with Crippen molar-refractivity contribution in [3.8, 4) is 5.69 Å². The molecule has 2 heterocycles. The number of aromatic nitrogens is 1. The minimum atomic E-state index is -0.342. The Morgan fingerprint density at radius 2 is 1.97 bits per heavy atom. The number of hydrogen-bond acceptors (Lipinski definition) is 4. The van der Waals surface area contributed by atoms with Crippen LogP contribution in [0.2, 0.25) is 0 Å². The Hall–Kier alpha value is -2.99. The zero-order valence-electron chi connectivity index (χ0n) is 17.9. The van der Waals surface area contributed by atoms with E-state index in [-0.39, 0.29) is 17.4 Å². The average Bonchev–Trinajstić information content (AvgIpc) is 2.94. The van der Waals surface area contributed by atoms with Crippen LogP contribution in [0.1, 0.15) is 51.0 Å². The van der Waals surface area contributed by atoms with E-state index < -0.39 is 0 Å². The molecule has 1 aromatic heterocycles. The molecule has 0 spiro atoms. The summed E-state index contributed by atoms with van der Waals surface area (Å²) in [5.74, 6) is 0.426. The summed E-state index contributed by atoms with van der Waals surface area (Å²) in [7, 11) is 0. The number of hydrogen-bond donors (Lipinski definition) is 2. The minimum Gasteiger partial charge on any atom is -0.367 e. The highest BCUT2D eigenvalue weighted by Gasteiger charge is 2.22. The molecule has 1 saturated carbocycles. The first-order chi connectivity index (χ1) is 15.0. The molecule has 2 aromatic rings. The van der Waals surface area contributed by atoms with Crippen LogP contribution in [0.25, 0.3) is 5.69 Å². The molecule has 1 fully saturated rings. The van der Waals surface area contributed by atoms with Crippen LogP contribution in [0.15, 0.2) is 81.7 Å². The van der Waals surface area contributed by atoms with Gasteiger partial charge in [0.25, 0.3) is 5.56 Å². The summed E-state index contributed by atoms with van der Waals surface area (Å²) < 4.78 is 16.7. The Kier molecular flexibility index (Phi) is 6.47. The van der Waals surface area contributed by atoms with Crippen molar-refractivity contribution < 1.29 is 4.39 Å². The minimum absolute atomic E-state index is 0.135. The molecule has 0 saturated heterocycles. The van der Waals surface area contributed by atoms with Crippen molar-refractivity contribution >= 4 is 5.71 Å². The van der Waals surface area contributed by atoms with Crippen molar-refractivity contribution in [1.29, 1.82) is 0 Å². The maximum Gasteiger partial charge on any atom is 0.255 e. The molecule has 0 atom stereocenters. The summed E-state index contributed by atoms with van der Waals surface area (Å²) >= 11 is 0. The first kappa shape index (κ1) is 21.2. The largest absolute Gasteiger partial charge is 0.367 e. The van der Waals surface area contributed by atoms with Crippen molar-refractivity contribution in [2.24, 2.45) is 10.7 Å². The molecule has 6 heteroatoms. The topological polar surface area (TPSA) is 72.4 Å². The van der Waals surface area contributed by atoms with E-state index in [0.29, 0.717) is 29.4 Å². The molecule has 3 N–H and O–H groups in total. The van der Waals surface area contributed by atoms with Crippen LogP contribution in [-0.2, 0) is 0 Å². The van der Waals surface area contributed by atoms with E-state index in [0.717, 1.165) is 43.5 Å². The lowest BCUT2D eigenvalue weighted by Crippen LogP contribution is -2.37. The summed E-state index contributed by atoms with van der Waals surface area (Å²) in [5, 5.41) is 3.58. The summed E-state index contributed by atoms with van der Waals surface area (Å²) in [6.07, 6.45) is 8.61. The number of aliphatic imine (C=N–C) groups is 1. The molecular weight excluding hydrogens is 391 g/mol. The van der Waals surface area contributed by atoms with Gasteiger partial charge in [-0.15, -0.1) is 0 Å². The Labute approximate surface area is 182 Å². The van der Waals surface area contributed by atoms with E-state index in [4.69, 9.17) is 10.7 Å². The van der Waals surface area contributed by atoms with E-state index >= 15 is 4.39 Å². The Morgan fingerprint density at radius 1 is 1.16 bits per heavy atom. The van der Waals surface area contributed by atoms with Gasteiger partial charge in [-0.3, -0.25) is 9.36 Å². The number of nitrogens with one attached hydrogen (secondary N) is 1. The lowest BCUT2D eigenvalue weighted by atomic mass is 9.91. The van der Waals surface area contributed by atoms with E-state index in [9.17, 15) is 4.79 Å². The summed E-state index contributed by atoms with van der Waals surface area (Å²) in [6.45, 7) is 2.07. The van der Waals surface area contributed by atoms with Gasteiger partial charge in [0.05, 0.1) is 0 Å². The number of allylic oxidation sites excluding steroid dienone is 3. The highest BCUT2D eigenvalue weighted by Crippen LogP contribution is 2.26. The van der Waals surface area contributed by atoms with Gasteiger partial charge in [0.2, 0.25) is 0 Å². The molecule has 5 nitrogen and oxygen atoms in total. The Morgan fingerprint density at radius 3 is 2.71 bits per heavy atom. The SMILES string of the molecule is CCC1=C(NC2CCC(N)CC2)N=C(c2cccc(-n3ccccc3=O)c2)C(F)=CC1. The fraction of sp³-hybridized carbons (Fsp3) is 0.360. The summed E-state index contributed by atoms with van der Waals surface area (Å²) in [5.41, 5.74) is 8.62. The highest BCUT2D eigenvalue weighted by atomic mass is 19.1. The predicted molar refractivity (Wildman–Crippen MR) is 123 cm³/mol. The second-order valence-electron chi connectivity index (χ2n) is 8.24. The molecule has 162 valence electrons. The quantitative estimate of drug-likeness (QED) is 0.755. The number of nitrogens with two attached hydrogens (primary N) is 1. The number of benzene rings is 1. The third-order valence-corrected chi connectivity index (χ3v) is 6.07. The molecule has 0 amide bonds. The molecule has 1 aromatic carbocycles. The van der Waals surface area contributed by atoms with E-state index in [1.54, 1.807) is 29.0 Å². The fourth-order valence-corrected chi connectivity index (χ4v) is 4.20.